The molecule has 0 atom stereocenters. The van der Waals surface area contributed by atoms with E-state index in [1.165, 1.54) is 0 Å². The number of fused-ring (bicyclic) bond motifs is 1. The number of benzene rings is 3. The summed E-state index contributed by atoms with van der Waals surface area (Å²) in [6.07, 6.45) is 1.71. The van der Waals surface area contributed by atoms with E-state index in [9.17, 15) is 0 Å². The van der Waals surface area contributed by atoms with Crippen LogP contribution in [0.4, 0.5) is 5.95 Å². The molecule has 0 fully saturated rings. The Hall–Kier alpha value is -4.11. The lowest BCUT2D eigenvalue weighted by Gasteiger charge is -2.07. The molecule has 0 aliphatic rings. The van der Waals surface area contributed by atoms with E-state index in [0.717, 1.165) is 27.9 Å². The molecular weight excluding hydrogens is 350 g/mol. The van der Waals surface area contributed by atoms with E-state index in [1.807, 2.05) is 66.7 Å². The van der Waals surface area contributed by atoms with Gasteiger partial charge in [0.25, 0.3) is 0 Å². The summed E-state index contributed by atoms with van der Waals surface area (Å²) < 4.78 is 5.77. The second-order valence-corrected chi connectivity index (χ2v) is 6.10. The molecule has 28 heavy (non-hydrogen) atoms. The van der Waals surface area contributed by atoms with Gasteiger partial charge in [-0.15, -0.1) is 0 Å². The van der Waals surface area contributed by atoms with Crippen LogP contribution in [0.5, 0.6) is 5.75 Å². The number of imidazole rings is 1. The number of hydrogen-bond acceptors (Lipinski definition) is 5. The molecule has 4 aromatic rings. The number of ether oxygens (including phenoxy) is 1. The summed E-state index contributed by atoms with van der Waals surface area (Å²) in [5.74, 6) is 1.32. The number of H-pyrrole nitrogens is 1. The zero-order chi connectivity index (χ0) is 19.2. The number of hydrogen-bond donors (Lipinski definition) is 2. The van der Waals surface area contributed by atoms with E-state index in [0.29, 0.717) is 18.1 Å². The fourth-order valence-corrected chi connectivity index (χ4v) is 2.74. The maximum atomic E-state index is 9.13. The van der Waals surface area contributed by atoms with E-state index in [4.69, 9.17) is 10.00 Å². The number of aromatic amines is 1. The number of nitriles is 1. The number of anilines is 1. The molecule has 6 heteroatoms. The third-order valence-corrected chi connectivity index (χ3v) is 4.19. The zero-order valence-electron chi connectivity index (χ0n) is 15.0. The maximum absolute atomic E-state index is 9.13. The number of hydrazone groups is 1. The molecule has 0 unspecified atom stereocenters. The maximum Gasteiger partial charge on any atom is 0.222 e. The molecule has 0 saturated heterocycles. The van der Waals surface area contributed by atoms with E-state index >= 15 is 0 Å². The van der Waals surface area contributed by atoms with Gasteiger partial charge in [0, 0.05) is 5.56 Å². The van der Waals surface area contributed by atoms with Gasteiger partial charge in [-0.05, 0) is 48.0 Å². The van der Waals surface area contributed by atoms with Gasteiger partial charge in [0.2, 0.25) is 5.95 Å². The predicted molar refractivity (Wildman–Crippen MR) is 109 cm³/mol. The van der Waals surface area contributed by atoms with Crippen molar-refractivity contribution < 1.29 is 4.74 Å². The van der Waals surface area contributed by atoms with Gasteiger partial charge in [0.15, 0.2) is 0 Å². The molecule has 0 aliphatic heterocycles. The molecule has 3 aromatic carbocycles. The Bertz CT molecular complexity index is 1120. The highest BCUT2D eigenvalue weighted by Gasteiger charge is 2.02. The van der Waals surface area contributed by atoms with Crippen LogP contribution in [0.3, 0.4) is 0 Å². The number of aromatic nitrogens is 2. The van der Waals surface area contributed by atoms with Crippen molar-refractivity contribution >= 4 is 23.2 Å². The molecule has 1 heterocycles. The van der Waals surface area contributed by atoms with Crippen molar-refractivity contribution in [2.75, 3.05) is 5.43 Å². The first-order chi connectivity index (χ1) is 13.8. The molecule has 2 N–H and O–H groups in total. The topological polar surface area (TPSA) is 86.1 Å². The van der Waals surface area contributed by atoms with Crippen molar-refractivity contribution in [2.45, 2.75) is 6.61 Å². The van der Waals surface area contributed by atoms with Crippen molar-refractivity contribution in [1.29, 1.82) is 5.26 Å². The van der Waals surface area contributed by atoms with Crippen LogP contribution in [-0.2, 0) is 6.61 Å². The minimum Gasteiger partial charge on any atom is -0.489 e. The minimum atomic E-state index is 0.352. The molecule has 0 aliphatic carbocycles. The van der Waals surface area contributed by atoms with Gasteiger partial charge < -0.3 is 9.72 Å². The van der Waals surface area contributed by atoms with Gasteiger partial charge in [-0.2, -0.15) is 10.4 Å². The molecule has 0 radical (unpaired) electrons. The zero-order valence-corrected chi connectivity index (χ0v) is 15.0. The lowest BCUT2D eigenvalue weighted by molar-refractivity contribution is 0.306. The molecule has 0 amide bonds. The normalized spacial score (nSPS) is 10.8. The molecule has 0 saturated carbocycles. The highest BCUT2D eigenvalue weighted by atomic mass is 16.5. The molecule has 0 bridgehead atoms. The van der Waals surface area contributed by atoms with Crippen LogP contribution in [0.25, 0.3) is 11.0 Å². The first kappa shape index (κ1) is 17.3. The Labute approximate surface area is 162 Å². The van der Waals surface area contributed by atoms with Gasteiger partial charge in [0.05, 0.1) is 28.9 Å². The Kier molecular flexibility index (Phi) is 4.98. The van der Waals surface area contributed by atoms with Crippen molar-refractivity contribution in [3.63, 3.8) is 0 Å². The fourth-order valence-electron chi connectivity index (χ4n) is 2.74. The standard InChI is InChI=1S/C22H17N5O/c23-13-17-5-1-2-6-18(17)15-28-19-11-9-16(10-12-19)14-24-27-22-25-20-7-3-4-8-21(20)26-22/h1-12,14H,15H2,(H2,25,26,27)/b24-14-. The van der Waals surface area contributed by atoms with Crippen molar-refractivity contribution in [3.8, 4) is 11.8 Å². The van der Waals surface area contributed by atoms with Crippen LogP contribution in [-0.4, -0.2) is 16.2 Å². The van der Waals surface area contributed by atoms with Crippen LogP contribution < -0.4 is 10.2 Å². The molecule has 6 nitrogen and oxygen atoms in total. The summed E-state index contributed by atoms with van der Waals surface area (Å²) in [5.41, 5.74) is 7.16. The van der Waals surface area contributed by atoms with E-state index < -0.39 is 0 Å². The monoisotopic (exact) mass is 367 g/mol. The van der Waals surface area contributed by atoms with E-state index in [2.05, 4.69) is 26.6 Å². The Morgan fingerprint density at radius 1 is 1.04 bits per heavy atom. The van der Waals surface area contributed by atoms with Crippen LogP contribution >= 0.6 is 0 Å². The molecular formula is C22H17N5O. The highest BCUT2D eigenvalue weighted by molar-refractivity contribution is 5.81. The van der Waals surface area contributed by atoms with E-state index in [-0.39, 0.29) is 0 Å². The second-order valence-electron chi connectivity index (χ2n) is 6.10. The summed E-state index contributed by atoms with van der Waals surface area (Å²) in [7, 11) is 0. The lowest BCUT2D eigenvalue weighted by atomic mass is 10.1. The fraction of sp³-hybridized carbons (Fsp3) is 0.0455. The Balaban J connectivity index is 1.35. The molecule has 136 valence electrons. The number of nitrogens with one attached hydrogen (secondary N) is 2. The van der Waals surface area contributed by atoms with E-state index in [1.54, 1.807) is 12.3 Å². The number of rotatable bonds is 6. The molecule has 1 aromatic heterocycles. The van der Waals surface area contributed by atoms with Gasteiger partial charge >= 0.3 is 0 Å². The third kappa shape index (κ3) is 4.00. The summed E-state index contributed by atoms with van der Waals surface area (Å²) in [6, 6.07) is 25.0. The summed E-state index contributed by atoms with van der Waals surface area (Å²) in [4.78, 5) is 7.56. The molecule has 0 spiro atoms. The predicted octanol–water partition coefficient (Wildman–Crippen LogP) is 4.46. The quantitative estimate of drug-likeness (QED) is 0.389. The average molecular weight is 367 g/mol. The van der Waals surface area contributed by atoms with Gasteiger partial charge in [-0.1, -0.05) is 30.3 Å². The second kappa shape index (κ2) is 8.06. The average Bonchev–Trinajstić information content (AvgIpc) is 3.16. The van der Waals surface area contributed by atoms with Crippen LogP contribution in [0.1, 0.15) is 16.7 Å². The summed E-state index contributed by atoms with van der Waals surface area (Å²) in [5, 5.41) is 13.3. The lowest BCUT2D eigenvalue weighted by Crippen LogP contribution is -1.98. The number of nitrogens with zero attached hydrogens (tertiary/aromatic N) is 3. The van der Waals surface area contributed by atoms with Crippen LogP contribution in [0, 0.1) is 11.3 Å². The van der Waals surface area contributed by atoms with Gasteiger partial charge in [0.1, 0.15) is 12.4 Å². The first-order valence-corrected chi connectivity index (χ1v) is 8.76. The SMILES string of the molecule is N#Cc1ccccc1COc1ccc(/C=N\Nc2nc3ccccc3[nH]2)cc1. The first-order valence-electron chi connectivity index (χ1n) is 8.76. The van der Waals surface area contributed by atoms with Crippen molar-refractivity contribution in [2.24, 2.45) is 5.10 Å². The Morgan fingerprint density at radius 2 is 1.82 bits per heavy atom. The number of para-hydroxylation sites is 2. The van der Waals surface area contributed by atoms with Crippen LogP contribution in [0.2, 0.25) is 0 Å². The summed E-state index contributed by atoms with van der Waals surface area (Å²) in [6.45, 7) is 0.352. The van der Waals surface area contributed by atoms with Crippen molar-refractivity contribution in [1.82, 2.24) is 9.97 Å². The van der Waals surface area contributed by atoms with Crippen molar-refractivity contribution in [3.05, 3.63) is 89.5 Å². The van der Waals surface area contributed by atoms with Gasteiger partial charge in [-0.3, -0.25) is 0 Å². The smallest absolute Gasteiger partial charge is 0.222 e. The minimum absolute atomic E-state index is 0.352. The highest BCUT2D eigenvalue weighted by Crippen LogP contribution is 2.16. The van der Waals surface area contributed by atoms with Gasteiger partial charge in [-0.25, -0.2) is 10.4 Å². The Morgan fingerprint density at radius 3 is 2.64 bits per heavy atom. The summed E-state index contributed by atoms with van der Waals surface area (Å²) >= 11 is 0. The third-order valence-electron chi connectivity index (χ3n) is 4.19. The van der Waals surface area contributed by atoms with Crippen LogP contribution in [0.15, 0.2) is 77.9 Å². The molecule has 4 rings (SSSR count). The largest absolute Gasteiger partial charge is 0.489 e.